The highest BCUT2D eigenvalue weighted by molar-refractivity contribution is 7.25. The van der Waals surface area contributed by atoms with E-state index in [0.717, 1.165) is 22.7 Å². The topological polar surface area (TPSA) is 8.17 Å². The van der Waals surface area contributed by atoms with E-state index in [1.54, 1.807) is 0 Å². The quantitative estimate of drug-likeness (QED) is 0.206. The first-order valence-electron chi connectivity index (χ1n) is 14.6. The first-order valence-corrected chi connectivity index (χ1v) is 15.4. The number of hydrogen-bond donors (Lipinski definition) is 0. The molecule has 202 valence electrons. The van der Waals surface area contributed by atoms with Crippen LogP contribution >= 0.6 is 11.3 Å². The predicted octanol–water partition coefficient (Wildman–Crippen LogP) is 11.8. The summed E-state index contributed by atoms with van der Waals surface area (Å²) in [5.74, 6) is 0. The second kappa shape index (κ2) is 9.59. The highest BCUT2D eigenvalue weighted by Gasteiger charge is 2.21. The molecular weight excluding hydrogens is 541 g/mol. The van der Waals surface area contributed by atoms with Crippen LogP contribution in [0.25, 0.3) is 58.4 Å². The average Bonchev–Trinajstić information content (AvgIpc) is 3.60. The van der Waals surface area contributed by atoms with Gasteiger partial charge in [-0.05, 0) is 77.5 Å². The summed E-state index contributed by atoms with van der Waals surface area (Å²) in [5.41, 5.74) is 6.97. The van der Waals surface area contributed by atoms with E-state index in [1.807, 2.05) is 11.3 Å². The minimum absolute atomic E-state index is 1.13. The molecule has 0 saturated carbocycles. The molecular formula is C40H26N2S. The van der Waals surface area contributed by atoms with Crippen LogP contribution < -0.4 is 4.90 Å². The molecule has 0 amide bonds. The van der Waals surface area contributed by atoms with Crippen molar-refractivity contribution in [2.45, 2.75) is 0 Å². The molecule has 2 heterocycles. The van der Waals surface area contributed by atoms with E-state index in [4.69, 9.17) is 0 Å². The minimum Gasteiger partial charge on any atom is -0.308 e. The van der Waals surface area contributed by atoms with E-state index in [-0.39, 0.29) is 0 Å². The summed E-state index contributed by atoms with van der Waals surface area (Å²) >= 11 is 1.87. The Morgan fingerprint density at radius 3 is 1.95 bits per heavy atom. The Kier molecular flexibility index (Phi) is 5.40. The third-order valence-electron chi connectivity index (χ3n) is 8.52. The number of thiophene rings is 1. The molecule has 0 aliphatic rings. The fourth-order valence-electron chi connectivity index (χ4n) is 6.62. The van der Waals surface area contributed by atoms with Crippen LogP contribution in [0.5, 0.6) is 0 Å². The Bertz CT molecular complexity index is 2450. The third kappa shape index (κ3) is 3.79. The van der Waals surface area contributed by atoms with Gasteiger partial charge >= 0.3 is 0 Å². The molecule has 0 fully saturated rings. The molecule has 2 nitrogen and oxygen atoms in total. The highest BCUT2D eigenvalue weighted by atomic mass is 32.1. The van der Waals surface area contributed by atoms with Gasteiger partial charge in [0.25, 0.3) is 0 Å². The lowest BCUT2D eigenvalue weighted by Gasteiger charge is -2.27. The standard InChI is InChI=1S/C40H26N2S/c1-3-14-29(15-4-1)41(31-22-23-38-35(26-31)34-24-27-12-7-8-13-28(27)25-39(34)43-38)37-21-11-19-33-32-18-9-10-20-36(32)42(40(33)37)30-16-5-2-6-17-30/h1-26H. The Balaban J connectivity index is 1.36. The maximum atomic E-state index is 2.42. The zero-order valence-electron chi connectivity index (χ0n) is 23.3. The summed E-state index contributed by atoms with van der Waals surface area (Å²) in [5, 5.41) is 7.66. The zero-order valence-corrected chi connectivity index (χ0v) is 24.1. The van der Waals surface area contributed by atoms with Crippen molar-refractivity contribution in [2.75, 3.05) is 4.90 Å². The predicted molar refractivity (Wildman–Crippen MR) is 186 cm³/mol. The maximum Gasteiger partial charge on any atom is 0.0782 e. The lowest BCUT2D eigenvalue weighted by Crippen LogP contribution is -2.11. The van der Waals surface area contributed by atoms with E-state index < -0.39 is 0 Å². The summed E-state index contributed by atoms with van der Waals surface area (Å²) in [6, 6.07) is 57.2. The van der Waals surface area contributed by atoms with Crippen LogP contribution in [0.1, 0.15) is 0 Å². The van der Waals surface area contributed by atoms with Gasteiger partial charge in [0.1, 0.15) is 0 Å². The summed E-state index contributed by atoms with van der Waals surface area (Å²) in [7, 11) is 0. The molecule has 0 aliphatic carbocycles. The van der Waals surface area contributed by atoms with Gasteiger partial charge in [0.05, 0.1) is 16.7 Å². The summed E-state index contributed by atoms with van der Waals surface area (Å²) < 4.78 is 5.04. The summed E-state index contributed by atoms with van der Waals surface area (Å²) in [4.78, 5) is 2.42. The Morgan fingerprint density at radius 1 is 0.442 bits per heavy atom. The third-order valence-corrected chi connectivity index (χ3v) is 9.66. The fraction of sp³-hybridized carbons (Fsp3) is 0. The molecule has 0 unspecified atom stereocenters. The van der Waals surface area contributed by atoms with Crippen LogP contribution in [0.4, 0.5) is 17.1 Å². The Morgan fingerprint density at radius 2 is 1.12 bits per heavy atom. The number of nitrogens with zero attached hydrogens (tertiary/aromatic N) is 2. The molecule has 9 rings (SSSR count). The van der Waals surface area contributed by atoms with Crippen LogP contribution in [-0.4, -0.2) is 4.57 Å². The van der Waals surface area contributed by atoms with Crippen molar-refractivity contribution in [3.63, 3.8) is 0 Å². The van der Waals surface area contributed by atoms with Crippen LogP contribution in [0, 0.1) is 0 Å². The molecule has 0 N–H and O–H groups in total. The van der Waals surface area contributed by atoms with Gasteiger partial charge in [-0.1, -0.05) is 91.0 Å². The van der Waals surface area contributed by atoms with Crippen LogP contribution in [0.2, 0.25) is 0 Å². The second-order valence-corrected chi connectivity index (χ2v) is 12.1. The van der Waals surface area contributed by atoms with Crippen molar-refractivity contribution in [1.82, 2.24) is 4.57 Å². The van der Waals surface area contributed by atoms with Crippen LogP contribution in [0.3, 0.4) is 0 Å². The van der Waals surface area contributed by atoms with E-state index in [0.29, 0.717) is 0 Å². The van der Waals surface area contributed by atoms with Crippen molar-refractivity contribution in [3.8, 4) is 5.69 Å². The molecule has 43 heavy (non-hydrogen) atoms. The number of rotatable bonds is 4. The molecule has 2 aromatic heterocycles. The van der Waals surface area contributed by atoms with Gasteiger partial charge in [0.15, 0.2) is 0 Å². The smallest absolute Gasteiger partial charge is 0.0782 e. The van der Waals surface area contributed by atoms with Gasteiger partial charge in [-0.3, -0.25) is 0 Å². The fourth-order valence-corrected chi connectivity index (χ4v) is 7.74. The van der Waals surface area contributed by atoms with Gasteiger partial charge < -0.3 is 9.47 Å². The molecule has 9 aromatic rings. The van der Waals surface area contributed by atoms with Gasteiger partial charge in [-0.2, -0.15) is 0 Å². The van der Waals surface area contributed by atoms with Crippen molar-refractivity contribution < 1.29 is 0 Å². The lowest BCUT2D eigenvalue weighted by molar-refractivity contribution is 1.17. The molecule has 0 radical (unpaired) electrons. The van der Waals surface area contributed by atoms with E-state index in [1.165, 1.54) is 52.8 Å². The Hall–Kier alpha value is -5.38. The van der Waals surface area contributed by atoms with Gasteiger partial charge in [0.2, 0.25) is 0 Å². The lowest BCUT2D eigenvalue weighted by atomic mass is 10.1. The van der Waals surface area contributed by atoms with Gasteiger partial charge in [0, 0.05) is 48.0 Å². The van der Waals surface area contributed by atoms with Crippen molar-refractivity contribution >= 4 is 81.1 Å². The van der Waals surface area contributed by atoms with E-state index in [9.17, 15) is 0 Å². The summed E-state index contributed by atoms with van der Waals surface area (Å²) in [6.07, 6.45) is 0. The first kappa shape index (κ1) is 24.2. The average molecular weight is 567 g/mol. The number of para-hydroxylation sites is 4. The molecule has 0 aliphatic heterocycles. The van der Waals surface area contributed by atoms with Gasteiger partial charge in [-0.25, -0.2) is 0 Å². The number of aromatic nitrogens is 1. The minimum atomic E-state index is 1.13. The number of hydrogen-bond acceptors (Lipinski definition) is 2. The Labute approximate surface area is 253 Å². The van der Waals surface area contributed by atoms with Crippen molar-refractivity contribution in [1.29, 1.82) is 0 Å². The van der Waals surface area contributed by atoms with Crippen LogP contribution in [0.15, 0.2) is 158 Å². The molecule has 3 heteroatoms. The number of anilines is 3. The first-order chi connectivity index (χ1) is 21.3. The van der Waals surface area contributed by atoms with Crippen molar-refractivity contribution in [3.05, 3.63) is 158 Å². The van der Waals surface area contributed by atoms with Crippen LogP contribution in [-0.2, 0) is 0 Å². The molecule has 7 aromatic carbocycles. The number of fused-ring (bicyclic) bond motifs is 7. The summed E-state index contributed by atoms with van der Waals surface area (Å²) in [6.45, 7) is 0. The largest absolute Gasteiger partial charge is 0.308 e. The molecule has 0 bridgehead atoms. The highest BCUT2D eigenvalue weighted by Crippen LogP contribution is 2.45. The molecule has 0 saturated heterocycles. The van der Waals surface area contributed by atoms with Gasteiger partial charge in [-0.15, -0.1) is 11.3 Å². The molecule has 0 spiro atoms. The normalized spacial score (nSPS) is 11.7. The monoisotopic (exact) mass is 566 g/mol. The van der Waals surface area contributed by atoms with E-state index >= 15 is 0 Å². The number of benzene rings is 7. The zero-order chi connectivity index (χ0) is 28.3. The van der Waals surface area contributed by atoms with Crippen molar-refractivity contribution in [2.24, 2.45) is 0 Å². The SMILES string of the molecule is c1ccc(N(c2ccc3sc4cc5ccccc5cc4c3c2)c2cccc3c4ccccc4n(-c4ccccc4)c23)cc1. The second-order valence-electron chi connectivity index (χ2n) is 11.0. The van der Waals surface area contributed by atoms with E-state index in [2.05, 4.69) is 167 Å². The maximum absolute atomic E-state index is 2.42. The molecule has 0 atom stereocenters.